The first-order valence-electron chi connectivity index (χ1n) is 6.04. The Labute approximate surface area is 87.1 Å². The average Bonchev–Trinajstić information content (AvgIpc) is 2.69. The maximum atomic E-state index is 9.41. The molecule has 0 amide bonds. The summed E-state index contributed by atoms with van der Waals surface area (Å²) in [5.41, 5.74) is 0.726. The van der Waals surface area contributed by atoms with Gasteiger partial charge in [-0.3, -0.25) is 0 Å². The lowest BCUT2D eigenvalue weighted by molar-refractivity contribution is 0.0680. The highest BCUT2D eigenvalue weighted by Crippen LogP contribution is 2.50. The van der Waals surface area contributed by atoms with E-state index in [1.165, 1.54) is 51.4 Å². The van der Waals surface area contributed by atoms with E-state index in [0.29, 0.717) is 12.0 Å². The van der Waals surface area contributed by atoms with Crippen LogP contribution in [-0.2, 0) is 0 Å². The Kier molecular flexibility index (Phi) is 2.85. The van der Waals surface area contributed by atoms with Crippen LogP contribution in [0.1, 0.15) is 51.4 Å². The number of aliphatic hydroxyl groups is 1. The molecule has 0 heterocycles. The molecule has 0 bridgehead atoms. The zero-order chi connectivity index (χ0) is 10.1. The summed E-state index contributed by atoms with van der Waals surface area (Å²) in [5, 5.41) is 12.7. The van der Waals surface area contributed by atoms with Crippen LogP contribution in [0.5, 0.6) is 0 Å². The van der Waals surface area contributed by atoms with E-state index >= 15 is 0 Å². The van der Waals surface area contributed by atoms with E-state index in [9.17, 15) is 5.11 Å². The van der Waals surface area contributed by atoms with Crippen molar-refractivity contribution in [2.24, 2.45) is 5.41 Å². The van der Waals surface area contributed by atoms with Gasteiger partial charge in [-0.15, -0.1) is 0 Å². The summed E-state index contributed by atoms with van der Waals surface area (Å²) in [6.07, 6.45) is 10.7. The summed E-state index contributed by atoms with van der Waals surface area (Å²) in [4.78, 5) is 0. The van der Waals surface area contributed by atoms with E-state index in [2.05, 4.69) is 5.32 Å². The highest BCUT2D eigenvalue weighted by molar-refractivity contribution is 4.98. The van der Waals surface area contributed by atoms with Gasteiger partial charge in [0.15, 0.2) is 0 Å². The first-order valence-corrected chi connectivity index (χ1v) is 6.04. The smallest absolute Gasteiger partial charge is 0.0613 e. The maximum Gasteiger partial charge on any atom is 0.0613 e. The molecule has 0 aromatic rings. The third-order valence-corrected chi connectivity index (χ3v) is 4.76. The number of rotatable bonds is 2. The molecule has 2 nitrogen and oxygen atoms in total. The lowest BCUT2D eigenvalue weighted by Crippen LogP contribution is -2.50. The van der Waals surface area contributed by atoms with Gasteiger partial charge < -0.3 is 10.4 Å². The van der Waals surface area contributed by atoms with Gasteiger partial charge >= 0.3 is 0 Å². The Morgan fingerprint density at radius 2 is 1.57 bits per heavy atom. The van der Waals surface area contributed by atoms with Crippen LogP contribution in [0, 0.1) is 5.41 Å². The summed E-state index contributed by atoms with van der Waals surface area (Å²) < 4.78 is 0. The lowest BCUT2D eigenvalue weighted by Gasteiger charge is -2.44. The van der Waals surface area contributed by atoms with Crippen molar-refractivity contribution in [3.8, 4) is 0 Å². The van der Waals surface area contributed by atoms with Gasteiger partial charge in [0.05, 0.1) is 6.61 Å². The van der Waals surface area contributed by atoms with E-state index in [1.807, 2.05) is 7.05 Å². The molecule has 0 radical (unpaired) electrons. The molecule has 0 aromatic heterocycles. The fourth-order valence-electron chi connectivity index (χ4n) is 3.37. The molecule has 0 aliphatic heterocycles. The molecule has 2 N–H and O–H groups in total. The molecule has 2 aliphatic rings. The van der Waals surface area contributed by atoms with Gasteiger partial charge in [0, 0.05) is 5.54 Å². The van der Waals surface area contributed by atoms with Crippen LogP contribution in [0.15, 0.2) is 0 Å². The van der Waals surface area contributed by atoms with E-state index in [-0.39, 0.29) is 5.54 Å². The maximum absolute atomic E-state index is 9.41. The first kappa shape index (κ1) is 10.4. The van der Waals surface area contributed by atoms with Crippen LogP contribution in [0.25, 0.3) is 0 Å². The second-order valence-electron chi connectivity index (χ2n) is 5.40. The highest BCUT2D eigenvalue weighted by Gasteiger charge is 2.42. The Morgan fingerprint density at radius 1 is 1.00 bits per heavy atom. The van der Waals surface area contributed by atoms with Crippen LogP contribution < -0.4 is 5.32 Å². The Bertz CT molecular complexity index is 174. The molecule has 0 atom stereocenters. The largest absolute Gasteiger partial charge is 0.394 e. The Morgan fingerprint density at radius 3 is 2.00 bits per heavy atom. The fourth-order valence-corrected chi connectivity index (χ4v) is 3.37. The van der Waals surface area contributed by atoms with Crippen LogP contribution in [0.2, 0.25) is 0 Å². The third kappa shape index (κ3) is 1.70. The van der Waals surface area contributed by atoms with Gasteiger partial charge in [-0.25, -0.2) is 0 Å². The van der Waals surface area contributed by atoms with Crippen molar-refractivity contribution in [1.29, 1.82) is 0 Å². The lowest BCUT2D eigenvalue weighted by atomic mass is 9.66. The molecule has 14 heavy (non-hydrogen) atoms. The van der Waals surface area contributed by atoms with Crippen molar-refractivity contribution >= 4 is 0 Å². The minimum atomic E-state index is 0.0494. The molecule has 0 saturated heterocycles. The van der Waals surface area contributed by atoms with Gasteiger partial charge in [-0.05, 0) is 51.0 Å². The summed E-state index contributed by atoms with van der Waals surface area (Å²) >= 11 is 0. The molecular weight excluding hydrogens is 174 g/mol. The highest BCUT2D eigenvalue weighted by atomic mass is 16.3. The predicted molar refractivity (Wildman–Crippen MR) is 58.2 cm³/mol. The topological polar surface area (TPSA) is 32.3 Å². The zero-order valence-electron chi connectivity index (χ0n) is 9.31. The summed E-state index contributed by atoms with van der Waals surface area (Å²) in [5.74, 6) is 0. The predicted octanol–water partition coefficient (Wildman–Crippen LogP) is 2.07. The molecule has 0 unspecified atom stereocenters. The molecule has 2 aliphatic carbocycles. The molecule has 2 fully saturated rings. The minimum absolute atomic E-state index is 0.0494. The monoisotopic (exact) mass is 197 g/mol. The second-order valence-corrected chi connectivity index (χ2v) is 5.40. The van der Waals surface area contributed by atoms with Crippen LogP contribution in [0.4, 0.5) is 0 Å². The quantitative estimate of drug-likeness (QED) is 0.710. The molecule has 1 spiro atoms. The molecule has 2 saturated carbocycles. The molecule has 82 valence electrons. The van der Waals surface area contributed by atoms with Crippen molar-refractivity contribution in [2.75, 3.05) is 13.7 Å². The number of likely N-dealkylation sites (N-methyl/N-ethyl adjacent to an activating group) is 1. The van der Waals surface area contributed by atoms with Crippen molar-refractivity contribution < 1.29 is 5.11 Å². The van der Waals surface area contributed by atoms with Gasteiger partial charge in [0.1, 0.15) is 0 Å². The van der Waals surface area contributed by atoms with Gasteiger partial charge in [0.2, 0.25) is 0 Å². The zero-order valence-corrected chi connectivity index (χ0v) is 9.31. The van der Waals surface area contributed by atoms with Gasteiger partial charge in [-0.1, -0.05) is 12.8 Å². The Balaban J connectivity index is 1.96. The third-order valence-electron chi connectivity index (χ3n) is 4.76. The number of aliphatic hydroxyl groups excluding tert-OH is 1. The van der Waals surface area contributed by atoms with Crippen molar-refractivity contribution in [1.82, 2.24) is 5.32 Å². The van der Waals surface area contributed by atoms with E-state index in [1.54, 1.807) is 0 Å². The summed E-state index contributed by atoms with van der Waals surface area (Å²) in [6, 6.07) is 0. The van der Waals surface area contributed by atoms with E-state index < -0.39 is 0 Å². The van der Waals surface area contributed by atoms with Crippen molar-refractivity contribution in [2.45, 2.75) is 56.9 Å². The number of nitrogens with one attached hydrogen (secondary N) is 1. The van der Waals surface area contributed by atoms with E-state index in [4.69, 9.17) is 0 Å². The summed E-state index contributed by atoms with van der Waals surface area (Å²) in [6.45, 7) is 0.305. The fraction of sp³-hybridized carbons (Fsp3) is 1.00. The minimum Gasteiger partial charge on any atom is -0.394 e. The number of hydrogen-bond acceptors (Lipinski definition) is 2. The van der Waals surface area contributed by atoms with Gasteiger partial charge in [-0.2, -0.15) is 0 Å². The van der Waals surface area contributed by atoms with Gasteiger partial charge in [0.25, 0.3) is 0 Å². The second kappa shape index (κ2) is 3.82. The van der Waals surface area contributed by atoms with Crippen molar-refractivity contribution in [3.05, 3.63) is 0 Å². The standard InChI is InChI=1S/C12H23NO/c1-13-12(10-14)8-6-11(7-9-12)4-2-3-5-11/h13-14H,2-10H2,1H3. The first-order chi connectivity index (χ1) is 6.74. The normalized spacial score (nSPS) is 29.6. The molecular formula is C12H23NO. The van der Waals surface area contributed by atoms with E-state index in [0.717, 1.165) is 0 Å². The molecule has 2 rings (SSSR count). The summed E-state index contributed by atoms with van der Waals surface area (Å²) in [7, 11) is 1.99. The Hall–Kier alpha value is -0.0800. The van der Waals surface area contributed by atoms with Crippen molar-refractivity contribution in [3.63, 3.8) is 0 Å². The molecule has 2 heteroatoms. The SMILES string of the molecule is CNC1(CO)CCC2(CCCC2)CC1. The van der Waals surface area contributed by atoms with Crippen LogP contribution in [0.3, 0.4) is 0 Å². The van der Waals surface area contributed by atoms with Crippen LogP contribution >= 0.6 is 0 Å². The molecule has 0 aromatic carbocycles. The average molecular weight is 197 g/mol. The van der Waals surface area contributed by atoms with Crippen LogP contribution in [-0.4, -0.2) is 24.3 Å². The number of hydrogen-bond donors (Lipinski definition) is 2.